The maximum absolute atomic E-state index is 12.1. The number of benzene rings is 1. The average molecular weight is 316 g/mol. The van der Waals surface area contributed by atoms with Gasteiger partial charge in [0.2, 0.25) is 5.91 Å². The van der Waals surface area contributed by atoms with Crippen LogP contribution < -0.4 is 5.32 Å². The van der Waals surface area contributed by atoms with Gasteiger partial charge in [-0.1, -0.05) is 38.1 Å². The molecule has 0 aliphatic rings. The van der Waals surface area contributed by atoms with Crippen molar-refractivity contribution in [2.75, 3.05) is 6.61 Å². The predicted octanol–water partition coefficient (Wildman–Crippen LogP) is 2.00. The molecule has 1 amide bonds. The van der Waals surface area contributed by atoms with Crippen LogP contribution in [0, 0.1) is 5.92 Å². The molecule has 0 saturated heterocycles. The van der Waals surface area contributed by atoms with E-state index in [9.17, 15) is 4.79 Å². The second-order valence-corrected chi connectivity index (χ2v) is 5.95. The molecule has 1 atom stereocenters. The molecule has 124 valence electrons. The first-order valence-electron chi connectivity index (χ1n) is 7.84. The van der Waals surface area contributed by atoms with E-state index in [-0.39, 0.29) is 5.91 Å². The van der Waals surface area contributed by atoms with Crippen molar-refractivity contribution in [1.82, 2.24) is 20.1 Å². The van der Waals surface area contributed by atoms with Crippen LogP contribution in [0.2, 0.25) is 0 Å². The maximum Gasteiger partial charge on any atom is 0.249 e. The second kappa shape index (κ2) is 8.43. The van der Waals surface area contributed by atoms with E-state index in [4.69, 9.17) is 4.74 Å². The van der Waals surface area contributed by atoms with E-state index in [0.717, 1.165) is 11.1 Å². The topological polar surface area (TPSA) is 69.0 Å². The minimum absolute atomic E-state index is 0.0961. The fourth-order valence-electron chi connectivity index (χ4n) is 2.11. The summed E-state index contributed by atoms with van der Waals surface area (Å²) in [5.41, 5.74) is 2.17. The van der Waals surface area contributed by atoms with Crippen LogP contribution >= 0.6 is 0 Å². The number of amides is 1. The standard InChI is InChI=1S/C17H24N4O2/c1-13(2)10-23-14(3)17(22)19-8-15-6-4-5-7-16(15)9-21-12-18-11-20-21/h4-7,11-14H,8-10H2,1-3H3,(H,19,22)/t14-/m0/s1. The second-order valence-electron chi connectivity index (χ2n) is 5.95. The molecule has 1 aromatic carbocycles. The summed E-state index contributed by atoms with van der Waals surface area (Å²) >= 11 is 0. The molecule has 0 aliphatic carbocycles. The third-order valence-electron chi connectivity index (χ3n) is 3.42. The summed E-state index contributed by atoms with van der Waals surface area (Å²) in [6.07, 6.45) is 2.75. The Hall–Kier alpha value is -2.21. The summed E-state index contributed by atoms with van der Waals surface area (Å²) in [6, 6.07) is 7.98. The minimum Gasteiger partial charge on any atom is -0.368 e. The Morgan fingerprint density at radius 1 is 1.26 bits per heavy atom. The summed E-state index contributed by atoms with van der Waals surface area (Å²) in [5.74, 6) is 0.315. The van der Waals surface area contributed by atoms with Gasteiger partial charge in [0.25, 0.3) is 0 Å². The van der Waals surface area contributed by atoms with E-state index in [1.807, 2.05) is 24.3 Å². The number of rotatable bonds is 8. The van der Waals surface area contributed by atoms with Crippen molar-refractivity contribution in [2.45, 2.75) is 40.0 Å². The van der Waals surface area contributed by atoms with Crippen molar-refractivity contribution in [3.63, 3.8) is 0 Å². The molecule has 2 aromatic rings. The van der Waals surface area contributed by atoms with Crippen LogP contribution in [0.1, 0.15) is 31.9 Å². The zero-order valence-corrected chi connectivity index (χ0v) is 13.9. The van der Waals surface area contributed by atoms with E-state index in [1.165, 1.54) is 6.33 Å². The van der Waals surface area contributed by atoms with Gasteiger partial charge in [0.05, 0.1) is 6.54 Å². The Labute approximate surface area is 136 Å². The highest BCUT2D eigenvalue weighted by Gasteiger charge is 2.14. The number of aromatic nitrogens is 3. The van der Waals surface area contributed by atoms with Crippen LogP contribution in [0.25, 0.3) is 0 Å². The molecule has 6 heteroatoms. The van der Waals surface area contributed by atoms with Crippen LogP contribution in [0.4, 0.5) is 0 Å². The lowest BCUT2D eigenvalue weighted by Gasteiger charge is -2.16. The molecule has 0 aliphatic heterocycles. The van der Waals surface area contributed by atoms with Gasteiger partial charge in [-0.15, -0.1) is 0 Å². The first-order valence-corrected chi connectivity index (χ1v) is 7.84. The molecule has 1 aromatic heterocycles. The lowest BCUT2D eigenvalue weighted by Crippen LogP contribution is -2.35. The molecule has 2 rings (SSSR count). The smallest absolute Gasteiger partial charge is 0.249 e. The molecule has 23 heavy (non-hydrogen) atoms. The number of carbonyl (C=O) groups excluding carboxylic acids is 1. The van der Waals surface area contributed by atoms with Gasteiger partial charge in [0, 0.05) is 13.2 Å². The highest BCUT2D eigenvalue weighted by molar-refractivity contribution is 5.80. The van der Waals surface area contributed by atoms with Gasteiger partial charge in [0.1, 0.15) is 18.8 Å². The number of hydrogen-bond donors (Lipinski definition) is 1. The molecule has 0 spiro atoms. The Balaban J connectivity index is 1.91. The lowest BCUT2D eigenvalue weighted by atomic mass is 10.1. The van der Waals surface area contributed by atoms with Gasteiger partial charge in [-0.25, -0.2) is 9.67 Å². The monoisotopic (exact) mass is 316 g/mol. The number of hydrogen-bond acceptors (Lipinski definition) is 4. The van der Waals surface area contributed by atoms with Gasteiger partial charge < -0.3 is 10.1 Å². The van der Waals surface area contributed by atoms with Crippen LogP contribution in [-0.2, 0) is 22.6 Å². The molecule has 1 N–H and O–H groups in total. The summed E-state index contributed by atoms with van der Waals surface area (Å²) in [6.45, 7) is 7.58. The number of nitrogens with one attached hydrogen (secondary N) is 1. The third-order valence-corrected chi connectivity index (χ3v) is 3.42. The van der Waals surface area contributed by atoms with E-state index in [0.29, 0.717) is 25.6 Å². The quantitative estimate of drug-likeness (QED) is 0.809. The van der Waals surface area contributed by atoms with Crippen LogP contribution in [0.15, 0.2) is 36.9 Å². The van der Waals surface area contributed by atoms with E-state index in [1.54, 1.807) is 17.9 Å². The summed E-state index contributed by atoms with van der Waals surface area (Å²) in [5, 5.41) is 7.05. The molecule has 0 unspecified atom stereocenters. The minimum atomic E-state index is -0.445. The van der Waals surface area contributed by atoms with Crippen molar-refractivity contribution in [3.8, 4) is 0 Å². The fraction of sp³-hybridized carbons (Fsp3) is 0.471. The molecule has 0 bridgehead atoms. The highest BCUT2D eigenvalue weighted by atomic mass is 16.5. The summed E-state index contributed by atoms with van der Waals surface area (Å²) in [7, 11) is 0. The Kier molecular flexibility index (Phi) is 6.29. The van der Waals surface area contributed by atoms with Crippen LogP contribution in [-0.4, -0.2) is 33.4 Å². The zero-order valence-electron chi connectivity index (χ0n) is 13.9. The largest absolute Gasteiger partial charge is 0.368 e. The summed E-state index contributed by atoms with van der Waals surface area (Å²) < 4.78 is 7.29. The Morgan fingerprint density at radius 2 is 2.00 bits per heavy atom. The van der Waals surface area contributed by atoms with E-state index >= 15 is 0 Å². The molecule has 1 heterocycles. The van der Waals surface area contributed by atoms with Gasteiger partial charge in [0.15, 0.2) is 0 Å². The van der Waals surface area contributed by atoms with Crippen molar-refractivity contribution in [2.24, 2.45) is 5.92 Å². The fourth-order valence-corrected chi connectivity index (χ4v) is 2.11. The highest BCUT2D eigenvalue weighted by Crippen LogP contribution is 2.10. The van der Waals surface area contributed by atoms with Gasteiger partial charge in [-0.3, -0.25) is 4.79 Å². The van der Waals surface area contributed by atoms with Crippen molar-refractivity contribution < 1.29 is 9.53 Å². The zero-order chi connectivity index (χ0) is 16.7. The van der Waals surface area contributed by atoms with Gasteiger partial charge in [-0.2, -0.15) is 5.10 Å². The Bertz CT molecular complexity index is 611. The molecule has 0 radical (unpaired) electrons. The number of nitrogens with zero attached hydrogens (tertiary/aromatic N) is 3. The number of ether oxygens (including phenoxy) is 1. The van der Waals surface area contributed by atoms with Crippen LogP contribution in [0.5, 0.6) is 0 Å². The first-order chi connectivity index (χ1) is 11.1. The van der Waals surface area contributed by atoms with Gasteiger partial charge in [-0.05, 0) is 24.0 Å². The van der Waals surface area contributed by atoms with Crippen molar-refractivity contribution in [3.05, 3.63) is 48.0 Å². The normalized spacial score (nSPS) is 12.3. The van der Waals surface area contributed by atoms with Crippen molar-refractivity contribution in [1.29, 1.82) is 0 Å². The van der Waals surface area contributed by atoms with E-state index < -0.39 is 6.10 Å². The first kappa shape index (κ1) is 17.1. The molecular weight excluding hydrogens is 292 g/mol. The third kappa shape index (κ3) is 5.49. The van der Waals surface area contributed by atoms with Crippen molar-refractivity contribution >= 4 is 5.91 Å². The molecule has 0 fully saturated rings. The lowest BCUT2D eigenvalue weighted by molar-refractivity contribution is -0.132. The average Bonchev–Trinajstić information content (AvgIpc) is 3.04. The summed E-state index contributed by atoms with van der Waals surface area (Å²) in [4.78, 5) is 16.0. The van der Waals surface area contributed by atoms with Gasteiger partial charge >= 0.3 is 0 Å². The molecule has 6 nitrogen and oxygen atoms in total. The Morgan fingerprint density at radius 3 is 2.65 bits per heavy atom. The molecule has 0 saturated carbocycles. The predicted molar refractivity (Wildman–Crippen MR) is 87.7 cm³/mol. The van der Waals surface area contributed by atoms with Crippen LogP contribution in [0.3, 0.4) is 0 Å². The SMILES string of the molecule is CC(C)CO[C@@H](C)C(=O)NCc1ccccc1Cn1cncn1. The van der Waals surface area contributed by atoms with E-state index in [2.05, 4.69) is 29.2 Å². The molecular formula is C17H24N4O2. The maximum atomic E-state index is 12.1. The number of carbonyl (C=O) groups is 1.